The van der Waals surface area contributed by atoms with Crippen molar-refractivity contribution in [3.05, 3.63) is 64.3 Å². The smallest absolute Gasteiger partial charge is 0.270 e. The van der Waals surface area contributed by atoms with Gasteiger partial charge in [0.25, 0.3) is 5.91 Å². The first kappa shape index (κ1) is 19.2. The van der Waals surface area contributed by atoms with Gasteiger partial charge in [-0.25, -0.2) is 9.37 Å². The van der Waals surface area contributed by atoms with Gasteiger partial charge >= 0.3 is 0 Å². The van der Waals surface area contributed by atoms with Crippen molar-refractivity contribution in [1.82, 2.24) is 20.1 Å². The number of aryl methyl sites for hydroxylation is 1. The monoisotopic (exact) mass is 414 g/mol. The number of benzene rings is 1. The number of imidazole rings is 1. The van der Waals surface area contributed by atoms with Crippen LogP contribution in [-0.2, 0) is 13.0 Å². The molecule has 0 saturated carbocycles. The summed E-state index contributed by atoms with van der Waals surface area (Å²) in [5.74, 6) is -0.648. The number of carbonyl (C=O) groups is 1. The molecule has 0 saturated heterocycles. The van der Waals surface area contributed by atoms with Crippen molar-refractivity contribution in [2.45, 2.75) is 19.9 Å². The number of hydrazine groups is 1. The zero-order chi connectivity index (χ0) is 20.4. The molecule has 0 atom stereocenters. The summed E-state index contributed by atoms with van der Waals surface area (Å²) in [5.41, 5.74) is 5.80. The largest absolute Gasteiger partial charge is 0.347 e. The summed E-state index contributed by atoms with van der Waals surface area (Å²) in [7, 11) is 0. The Hall–Kier alpha value is -3.13. The summed E-state index contributed by atoms with van der Waals surface area (Å²) in [6.45, 7) is 3.32. The number of aliphatic imine (C=N–C) groups is 1. The number of anilines is 1. The van der Waals surface area contributed by atoms with Crippen LogP contribution in [0.15, 0.2) is 41.5 Å². The van der Waals surface area contributed by atoms with E-state index < -0.39 is 0 Å². The number of fused-ring (bicyclic) bond motifs is 1. The van der Waals surface area contributed by atoms with Crippen molar-refractivity contribution in [2.24, 2.45) is 4.99 Å². The van der Waals surface area contributed by atoms with E-state index in [1.165, 1.54) is 6.07 Å². The highest BCUT2D eigenvalue weighted by Crippen LogP contribution is 2.21. The third-order valence-electron chi connectivity index (χ3n) is 4.72. The Morgan fingerprint density at radius 1 is 1.34 bits per heavy atom. The maximum absolute atomic E-state index is 14.5. The van der Waals surface area contributed by atoms with E-state index in [-0.39, 0.29) is 18.3 Å². The molecule has 1 amide bonds. The molecule has 0 spiro atoms. The first-order valence-electron chi connectivity index (χ1n) is 9.32. The van der Waals surface area contributed by atoms with E-state index in [0.717, 1.165) is 0 Å². The quantitative estimate of drug-likeness (QED) is 0.673. The van der Waals surface area contributed by atoms with E-state index in [0.29, 0.717) is 52.8 Å². The molecular weight excluding hydrogens is 395 g/mol. The maximum atomic E-state index is 14.5. The van der Waals surface area contributed by atoms with Gasteiger partial charge in [-0.05, 0) is 36.2 Å². The lowest BCUT2D eigenvalue weighted by Crippen LogP contribution is -2.42. The molecule has 3 heterocycles. The van der Waals surface area contributed by atoms with Crippen molar-refractivity contribution in [3.8, 4) is 0 Å². The summed E-state index contributed by atoms with van der Waals surface area (Å²) >= 11 is 6.08. The third-order valence-corrected chi connectivity index (χ3v) is 4.94. The summed E-state index contributed by atoms with van der Waals surface area (Å²) in [6, 6.07) is 8.41. The van der Waals surface area contributed by atoms with Gasteiger partial charge in [0.1, 0.15) is 23.5 Å². The lowest BCUT2D eigenvalue weighted by molar-refractivity contribution is 0.0944. The van der Waals surface area contributed by atoms with E-state index in [4.69, 9.17) is 11.6 Å². The number of nitrogens with one attached hydrogen (secondary N) is 2. The molecule has 4 rings (SSSR count). The summed E-state index contributed by atoms with van der Waals surface area (Å²) < 4.78 is 16.2. The molecular formula is C20H20ClFN6O. The van der Waals surface area contributed by atoms with Crippen LogP contribution in [0.2, 0.25) is 5.02 Å². The van der Waals surface area contributed by atoms with Crippen LogP contribution >= 0.6 is 11.6 Å². The molecule has 2 aromatic heterocycles. The van der Waals surface area contributed by atoms with Gasteiger partial charge in [-0.15, -0.1) is 0 Å². The second-order valence-corrected chi connectivity index (χ2v) is 7.06. The van der Waals surface area contributed by atoms with Crippen LogP contribution in [0.1, 0.15) is 28.7 Å². The molecule has 150 valence electrons. The van der Waals surface area contributed by atoms with Crippen LogP contribution in [0.4, 0.5) is 10.1 Å². The third kappa shape index (κ3) is 3.88. The first-order valence-corrected chi connectivity index (χ1v) is 9.69. The normalized spacial score (nSPS) is 13.6. The van der Waals surface area contributed by atoms with Crippen molar-refractivity contribution < 1.29 is 9.18 Å². The molecule has 0 aliphatic carbocycles. The van der Waals surface area contributed by atoms with Crippen LogP contribution < -0.4 is 15.8 Å². The lowest BCUT2D eigenvalue weighted by Gasteiger charge is -2.26. The van der Waals surface area contributed by atoms with Crippen molar-refractivity contribution in [1.29, 1.82) is 0 Å². The first-order chi connectivity index (χ1) is 14.1. The SMILES string of the molecule is CCc1nc2ccc(Cl)cn2c1C(=O)NCc1ccc(N2CCN=CN2)c(F)c1. The number of aromatic nitrogens is 2. The number of halogens is 2. The highest BCUT2D eigenvalue weighted by atomic mass is 35.5. The van der Waals surface area contributed by atoms with Gasteiger partial charge in [-0.3, -0.25) is 24.6 Å². The van der Waals surface area contributed by atoms with Gasteiger partial charge in [0.05, 0.1) is 29.5 Å². The average Bonchev–Trinajstić information content (AvgIpc) is 3.10. The summed E-state index contributed by atoms with van der Waals surface area (Å²) in [6.07, 6.45) is 3.82. The van der Waals surface area contributed by atoms with Crippen LogP contribution in [-0.4, -0.2) is 34.7 Å². The minimum atomic E-state index is -0.365. The Morgan fingerprint density at radius 2 is 2.21 bits per heavy atom. The Bertz CT molecular complexity index is 1100. The summed E-state index contributed by atoms with van der Waals surface area (Å²) in [5, 5.41) is 5.06. The van der Waals surface area contributed by atoms with Crippen LogP contribution in [0.5, 0.6) is 0 Å². The molecule has 0 radical (unpaired) electrons. The highest BCUT2D eigenvalue weighted by molar-refractivity contribution is 6.30. The molecule has 9 heteroatoms. The fourth-order valence-electron chi connectivity index (χ4n) is 3.29. The Kier molecular flexibility index (Phi) is 5.35. The zero-order valence-corrected chi connectivity index (χ0v) is 16.6. The number of hydrogen-bond acceptors (Lipinski definition) is 5. The Morgan fingerprint density at radius 3 is 2.93 bits per heavy atom. The number of carbonyl (C=O) groups excluding carboxylic acids is 1. The molecule has 0 bridgehead atoms. The van der Waals surface area contributed by atoms with Crippen molar-refractivity contribution >= 4 is 35.2 Å². The minimum absolute atomic E-state index is 0.196. The predicted molar refractivity (Wildman–Crippen MR) is 111 cm³/mol. The molecule has 7 nitrogen and oxygen atoms in total. The molecule has 1 aliphatic rings. The van der Waals surface area contributed by atoms with E-state index in [9.17, 15) is 9.18 Å². The Labute approximate surface area is 172 Å². The molecule has 1 aromatic carbocycles. The lowest BCUT2D eigenvalue weighted by atomic mass is 10.1. The van der Waals surface area contributed by atoms with Gasteiger partial charge < -0.3 is 5.32 Å². The van der Waals surface area contributed by atoms with E-state index >= 15 is 0 Å². The highest BCUT2D eigenvalue weighted by Gasteiger charge is 2.19. The van der Waals surface area contributed by atoms with Gasteiger partial charge in [0, 0.05) is 12.7 Å². The minimum Gasteiger partial charge on any atom is -0.347 e. The summed E-state index contributed by atoms with van der Waals surface area (Å²) in [4.78, 5) is 21.4. The van der Waals surface area contributed by atoms with E-state index in [1.807, 2.05) is 6.92 Å². The molecule has 2 N–H and O–H groups in total. The maximum Gasteiger partial charge on any atom is 0.270 e. The molecule has 0 fully saturated rings. The van der Waals surface area contributed by atoms with Crippen LogP contribution in [0.3, 0.4) is 0 Å². The topological polar surface area (TPSA) is 74.0 Å². The van der Waals surface area contributed by atoms with Crippen LogP contribution in [0.25, 0.3) is 5.65 Å². The number of nitrogens with zero attached hydrogens (tertiary/aromatic N) is 4. The molecule has 0 unspecified atom stereocenters. The average molecular weight is 415 g/mol. The second kappa shape index (κ2) is 8.08. The van der Waals surface area contributed by atoms with Gasteiger partial charge in [-0.1, -0.05) is 24.6 Å². The van der Waals surface area contributed by atoms with Gasteiger partial charge in [-0.2, -0.15) is 0 Å². The predicted octanol–water partition coefficient (Wildman–Crippen LogP) is 2.97. The number of amides is 1. The van der Waals surface area contributed by atoms with Gasteiger partial charge in [0.2, 0.25) is 0 Å². The molecule has 29 heavy (non-hydrogen) atoms. The van der Waals surface area contributed by atoms with Crippen molar-refractivity contribution in [3.63, 3.8) is 0 Å². The fourth-order valence-corrected chi connectivity index (χ4v) is 3.45. The van der Waals surface area contributed by atoms with Crippen LogP contribution in [0, 0.1) is 5.82 Å². The standard InChI is InChI=1S/C20H20ClFN6O/c1-2-16-19(27-11-14(21)4-6-18(27)26-16)20(29)24-10-13-3-5-17(15(22)9-13)28-8-7-23-12-25-28/h3-6,9,11-12H,2,7-8,10H2,1H3,(H,23,25)(H,24,29). The second-order valence-electron chi connectivity index (χ2n) is 6.62. The van der Waals surface area contributed by atoms with E-state index in [2.05, 4.69) is 20.7 Å². The Balaban J connectivity index is 1.51. The number of pyridine rings is 1. The zero-order valence-electron chi connectivity index (χ0n) is 15.8. The fraction of sp³-hybridized carbons (Fsp3) is 0.250. The molecule has 3 aromatic rings. The number of hydrogen-bond donors (Lipinski definition) is 2. The van der Waals surface area contributed by atoms with E-state index in [1.54, 1.807) is 46.2 Å². The molecule has 1 aliphatic heterocycles. The van der Waals surface area contributed by atoms with Gasteiger partial charge in [0.15, 0.2) is 0 Å². The number of rotatable bonds is 5. The van der Waals surface area contributed by atoms with Crippen molar-refractivity contribution in [2.75, 3.05) is 18.1 Å².